The van der Waals surface area contributed by atoms with E-state index in [0.717, 1.165) is 0 Å². The Kier molecular flexibility index (Phi) is 4.67. The summed E-state index contributed by atoms with van der Waals surface area (Å²) in [5.74, 6) is 0.125. The molecule has 1 fully saturated rings. The molecule has 0 unspecified atom stereocenters. The maximum Gasteiger partial charge on any atom is 0.254 e. The second kappa shape index (κ2) is 6.30. The van der Waals surface area contributed by atoms with E-state index in [9.17, 15) is 9.59 Å². The van der Waals surface area contributed by atoms with Gasteiger partial charge in [-0.15, -0.1) is 0 Å². The summed E-state index contributed by atoms with van der Waals surface area (Å²) in [6.45, 7) is 1.06. The van der Waals surface area contributed by atoms with Crippen molar-refractivity contribution in [1.82, 2.24) is 9.88 Å². The van der Waals surface area contributed by atoms with Gasteiger partial charge in [-0.2, -0.15) is 0 Å². The van der Waals surface area contributed by atoms with Crippen molar-refractivity contribution >= 4 is 29.2 Å². The molecule has 0 aromatic carbocycles. The smallest absolute Gasteiger partial charge is 0.254 e. The van der Waals surface area contributed by atoms with Gasteiger partial charge in [0.25, 0.3) is 5.91 Å². The Bertz CT molecular complexity index is 554. The number of pyridine rings is 1. The molecule has 21 heavy (non-hydrogen) atoms. The molecule has 1 aliphatic rings. The number of anilines is 1. The van der Waals surface area contributed by atoms with Crippen LogP contribution in [0.4, 0.5) is 5.82 Å². The van der Waals surface area contributed by atoms with Crippen molar-refractivity contribution < 1.29 is 9.59 Å². The number of hydrogen-bond donors (Lipinski definition) is 1. The van der Waals surface area contributed by atoms with Crippen LogP contribution in [0, 0.1) is 5.92 Å². The largest absolute Gasteiger partial charge is 0.369 e. The van der Waals surface area contributed by atoms with E-state index in [2.05, 4.69) is 4.98 Å². The van der Waals surface area contributed by atoms with Crippen molar-refractivity contribution in [3.8, 4) is 0 Å². The lowest BCUT2D eigenvalue weighted by Crippen LogP contribution is -2.41. The van der Waals surface area contributed by atoms with Crippen LogP contribution in [-0.2, 0) is 4.79 Å². The summed E-state index contributed by atoms with van der Waals surface area (Å²) in [5.41, 5.74) is 5.81. The summed E-state index contributed by atoms with van der Waals surface area (Å²) in [5, 5.41) is 0.288. The fourth-order valence-corrected chi connectivity index (χ4v) is 2.59. The lowest BCUT2D eigenvalue weighted by Gasteiger charge is -2.30. The molecule has 0 saturated carbocycles. The van der Waals surface area contributed by atoms with Crippen LogP contribution in [0.1, 0.15) is 23.2 Å². The first-order chi connectivity index (χ1) is 9.88. The zero-order chi connectivity index (χ0) is 15.6. The lowest BCUT2D eigenvalue weighted by atomic mass is 9.96. The van der Waals surface area contributed by atoms with Crippen LogP contribution in [0.5, 0.6) is 0 Å². The lowest BCUT2D eigenvalue weighted by molar-refractivity contribution is -0.123. The molecule has 1 saturated heterocycles. The molecule has 114 valence electrons. The molecule has 0 bridgehead atoms. The van der Waals surface area contributed by atoms with Crippen LogP contribution in [0.25, 0.3) is 0 Å². The van der Waals surface area contributed by atoms with Crippen LogP contribution in [0.15, 0.2) is 12.1 Å². The topological polar surface area (TPSA) is 79.5 Å². The summed E-state index contributed by atoms with van der Waals surface area (Å²) in [6.07, 6.45) is 1.22. The molecule has 0 aliphatic carbocycles. The standard InChI is InChI=1S/C14H19ClN4O2/c1-18(2)12-8-10(7-11(15)17-12)14(21)19-5-3-9(4-6-19)13(16)20/h7-9H,3-6H2,1-2H3,(H2,16,20). The number of halogens is 1. The van der Waals surface area contributed by atoms with E-state index in [1.165, 1.54) is 0 Å². The maximum absolute atomic E-state index is 12.5. The molecule has 7 heteroatoms. The molecule has 0 radical (unpaired) electrons. The molecule has 2 rings (SSSR count). The normalized spacial score (nSPS) is 15.9. The third-order valence-electron chi connectivity index (χ3n) is 3.67. The van der Waals surface area contributed by atoms with Crippen molar-refractivity contribution in [2.45, 2.75) is 12.8 Å². The molecule has 1 aromatic rings. The number of primary amides is 1. The second-order valence-electron chi connectivity index (χ2n) is 5.40. The maximum atomic E-state index is 12.5. The summed E-state index contributed by atoms with van der Waals surface area (Å²) in [7, 11) is 3.68. The van der Waals surface area contributed by atoms with Crippen molar-refractivity contribution in [3.63, 3.8) is 0 Å². The monoisotopic (exact) mass is 310 g/mol. The Morgan fingerprint density at radius 3 is 2.48 bits per heavy atom. The van der Waals surface area contributed by atoms with Gasteiger partial charge < -0.3 is 15.5 Å². The average Bonchev–Trinajstić information content (AvgIpc) is 2.45. The van der Waals surface area contributed by atoms with Gasteiger partial charge in [0.1, 0.15) is 11.0 Å². The number of rotatable bonds is 3. The van der Waals surface area contributed by atoms with E-state index in [0.29, 0.717) is 37.3 Å². The fraction of sp³-hybridized carbons (Fsp3) is 0.500. The minimum Gasteiger partial charge on any atom is -0.369 e. The highest BCUT2D eigenvalue weighted by Gasteiger charge is 2.26. The van der Waals surface area contributed by atoms with E-state index >= 15 is 0 Å². The van der Waals surface area contributed by atoms with Crippen LogP contribution in [-0.4, -0.2) is 48.9 Å². The van der Waals surface area contributed by atoms with Gasteiger partial charge in [0.2, 0.25) is 5.91 Å². The van der Waals surface area contributed by atoms with Crippen LogP contribution < -0.4 is 10.6 Å². The molecular weight excluding hydrogens is 292 g/mol. The molecular formula is C14H19ClN4O2. The number of hydrogen-bond acceptors (Lipinski definition) is 4. The van der Waals surface area contributed by atoms with Gasteiger partial charge in [-0.3, -0.25) is 9.59 Å². The minimum atomic E-state index is -0.288. The SMILES string of the molecule is CN(C)c1cc(C(=O)N2CCC(C(N)=O)CC2)cc(Cl)n1. The van der Waals surface area contributed by atoms with Gasteiger partial charge in [-0.25, -0.2) is 4.98 Å². The van der Waals surface area contributed by atoms with E-state index in [-0.39, 0.29) is 22.9 Å². The highest BCUT2D eigenvalue weighted by atomic mass is 35.5. The highest BCUT2D eigenvalue weighted by Crippen LogP contribution is 2.22. The summed E-state index contributed by atoms with van der Waals surface area (Å²) in [6, 6.07) is 3.28. The van der Waals surface area contributed by atoms with E-state index in [4.69, 9.17) is 17.3 Å². The number of nitrogens with zero attached hydrogens (tertiary/aromatic N) is 3. The van der Waals surface area contributed by atoms with Gasteiger partial charge in [0.05, 0.1) is 0 Å². The van der Waals surface area contributed by atoms with Crippen molar-refractivity contribution in [2.24, 2.45) is 11.7 Å². The Morgan fingerprint density at radius 2 is 1.95 bits per heavy atom. The first-order valence-electron chi connectivity index (χ1n) is 6.82. The van der Waals surface area contributed by atoms with Crippen molar-refractivity contribution in [3.05, 3.63) is 22.8 Å². The molecule has 1 aliphatic heterocycles. The Balaban J connectivity index is 2.12. The Morgan fingerprint density at radius 1 is 1.33 bits per heavy atom. The van der Waals surface area contributed by atoms with Crippen LogP contribution in [0.3, 0.4) is 0 Å². The molecule has 1 aromatic heterocycles. The van der Waals surface area contributed by atoms with Crippen LogP contribution in [0.2, 0.25) is 5.15 Å². The Labute approximate surface area is 128 Å². The number of carbonyl (C=O) groups is 2. The quantitative estimate of drug-likeness (QED) is 0.849. The molecule has 0 spiro atoms. The van der Waals surface area contributed by atoms with Crippen molar-refractivity contribution in [1.29, 1.82) is 0 Å². The molecule has 2 heterocycles. The van der Waals surface area contributed by atoms with Gasteiger partial charge in [-0.1, -0.05) is 11.6 Å². The zero-order valence-electron chi connectivity index (χ0n) is 12.2. The number of amides is 2. The molecule has 2 amide bonds. The fourth-order valence-electron chi connectivity index (χ4n) is 2.39. The first kappa shape index (κ1) is 15.6. The van der Waals surface area contributed by atoms with Gasteiger partial charge in [0, 0.05) is 38.7 Å². The molecule has 2 N–H and O–H groups in total. The summed E-state index contributed by atoms with van der Waals surface area (Å²) in [4.78, 5) is 31.3. The average molecular weight is 311 g/mol. The number of carbonyl (C=O) groups excluding carboxylic acids is 2. The minimum absolute atomic E-state index is 0.0923. The first-order valence-corrected chi connectivity index (χ1v) is 7.20. The highest BCUT2D eigenvalue weighted by molar-refractivity contribution is 6.29. The van der Waals surface area contributed by atoms with E-state index in [1.807, 2.05) is 14.1 Å². The van der Waals surface area contributed by atoms with Gasteiger partial charge >= 0.3 is 0 Å². The van der Waals surface area contributed by atoms with Gasteiger partial charge in [-0.05, 0) is 25.0 Å². The zero-order valence-corrected chi connectivity index (χ0v) is 12.9. The van der Waals surface area contributed by atoms with E-state index < -0.39 is 0 Å². The number of likely N-dealkylation sites (tertiary alicyclic amines) is 1. The number of nitrogens with two attached hydrogens (primary N) is 1. The summed E-state index contributed by atoms with van der Waals surface area (Å²) >= 11 is 5.97. The third kappa shape index (κ3) is 3.64. The van der Waals surface area contributed by atoms with Crippen LogP contribution >= 0.6 is 11.6 Å². The predicted octanol–water partition coefficient (Wildman–Crippen LogP) is 1.14. The van der Waals surface area contributed by atoms with Gasteiger partial charge in [0.15, 0.2) is 0 Å². The number of aromatic nitrogens is 1. The second-order valence-corrected chi connectivity index (χ2v) is 5.79. The predicted molar refractivity (Wildman–Crippen MR) is 81.4 cm³/mol. The third-order valence-corrected chi connectivity index (χ3v) is 3.86. The number of piperidine rings is 1. The Hall–Kier alpha value is -1.82. The molecule has 6 nitrogen and oxygen atoms in total. The van der Waals surface area contributed by atoms with E-state index in [1.54, 1.807) is 21.9 Å². The summed E-state index contributed by atoms with van der Waals surface area (Å²) < 4.78 is 0. The molecule has 0 atom stereocenters. The van der Waals surface area contributed by atoms with Crippen molar-refractivity contribution in [2.75, 3.05) is 32.1 Å².